The standard InChI is InChI=1S/C13H19NO2/c15-7-9-16-8-6-14-13-5-4-11-2-1-3-12(11)10-13/h4-5,10,14-15H,1-3,6-9H2. The summed E-state index contributed by atoms with van der Waals surface area (Å²) in [6, 6.07) is 6.60. The zero-order valence-corrected chi connectivity index (χ0v) is 9.54. The van der Waals surface area contributed by atoms with Crippen LogP contribution in [0.2, 0.25) is 0 Å². The maximum Gasteiger partial charge on any atom is 0.0698 e. The molecule has 0 atom stereocenters. The van der Waals surface area contributed by atoms with E-state index in [9.17, 15) is 0 Å². The monoisotopic (exact) mass is 221 g/mol. The van der Waals surface area contributed by atoms with Gasteiger partial charge >= 0.3 is 0 Å². The van der Waals surface area contributed by atoms with E-state index in [0.29, 0.717) is 13.2 Å². The number of aryl methyl sites for hydroxylation is 2. The fraction of sp³-hybridized carbons (Fsp3) is 0.538. The number of hydrogen-bond acceptors (Lipinski definition) is 3. The molecule has 0 aromatic heterocycles. The van der Waals surface area contributed by atoms with Crippen molar-refractivity contribution in [2.75, 3.05) is 31.7 Å². The first kappa shape index (κ1) is 11.4. The molecule has 0 aliphatic heterocycles. The first-order valence-corrected chi connectivity index (χ1v) is 5.94. The van der Waals surface area contributed by atoms with Gasteiger partial charge in [0.15, 0.2) is 0 Å². The van der Waals surface area contributed by atoms with Crippen LogP contribution in [0.15, 0.2) is 18.2 Å². The van der Waals surface area contributed by atoms with Gasteiger partial charge in [-0.1, -0.05) is 6.07 Å². The summed E-state index contributed by atoms with van der Waals surface area (Å²) in [5, 5.41) is 11.9. The second-order valence-corrected chi connectivity index (χ2v) is 4.10. The smallest absolute Gasteiger partial charge is 0.0698 e. The van der Waals surface area contributed by atoms with Crippen LogP contribution in [0.25, 0.3) is 0 Å². The van der Waals surface area contributed by atoms with Crippen LogP contribution in [-0.4, -0.2) is 31.5 Å². The third-order valence-corrected chi connectivity index (χ3v) is 2.91. The summed E-state index contributed by atoms with van der Waals surface area (Å²) in [7, 11) is 0. The number of fused-ring (bicyclic) bond motifs is 1. The van der Waals surface area contributed by atoms with E-state index in [0.717, 1.165) is 6.54 Å². The van der Waals surface area contributed by atoms with Crippen molar-refractivity contribution in [2.24, 2.45) is 0 Å². The average Bonchev–Trinajstić information content (AvgIpc) is 2.76. The van der Waals surface area contributed by atoms with Crippen molar-refractivity contribution in [3.8, 4) is 0 Å². The fourth-order valence-electron chi connectivity index (χ4n) is 2.12. The molecular formula is C13H19NO2. The van der Waals surface area contributed by atoms with Gasteiger partial charge in [-0.05, 0) is 42.5 Å². The molecule has 0 spiro atoms. The van der Waals surface area contributed by atoms with Crippen LogP contribution < -0.4 is 5.32 Å². The van der Waals surface area contributed by atoms with Gasteiger partial charge in [0.1, 0.15) is 0 Å². The molecule has 2 rings (SSSR count). The maximum atomic E-state index is 8.54. The molecule has 88 valence electrons. The molecule has 3 nitrogen and oxygen atoms in total. The second kappa shape index (κ2) is 5.87. The molecule has 2 N–H and O–H groups in total. The lowest BCUT2D eigenvalue weighted by Gasteiger charge is -2.08. The Morgan fingerprint density at radius 2 is 2.06 bits per heavy atom. The van der Waals surface area contributed by atoms with Crippen LogP contribution in [0, 0.1) is 0 Å². The van der Waals surface area contributed by atoms with Gasteiger partial charge in [0.2, 0.25) is 0 Å². The molecule has 1 aromatic carbocycles. The molecule has 1 aliphatic carbocycles. The van der Waals surface area contributed by atoms with Crippen LogP contribution in [0.3, 0.4) is 0 Å². The maximum absolute atomic E-state index is 8.54. The summed E-state index contributed by atoms with van der Waals surface area (Å²) in [4.78, 5) is 0. The highest BCUT2D eigenvalue weighted by Crippen LogP contribution is 2.24. The van der Waals surface area contributed by atoms with Gasteiger partial charge in [-0.3, -0.25) is 0 Å². The Bertz CT molecular complexity index is 339. The predicted octanol–water partition coefficient (Wildman–Crippen LogP) is 1.60. The number of aliphatic hydroxyl groups excluding tert-OH is 1. The van der Waals surface area contributed by atoms with Crippen LogP contribution in [-0.2, 0) is 17.6 Å². The molecule has 0 radical (unpaired) electrons. The normalized spacial score (nSPS) is 13.8. The summed E-state index contributed by atoms with van der Waals surface area (Å²) in [5.41, 5.74) is 4.16. The van der Waals surface area contributed by atoms with Gasteiger partial charge in [0.25, 0.3) is 0 Å². The highest BCUT2D eigenvalue weighted by atomic mass is 16.5. The van der Waals surface area contributed by atoms with E-state index in [2.05, 4.69) is 23.5 Å². The van der Waals surface area contributed by atoms with Crippen LogP contribution in [0.1, 0.15) is 17.5 Å². The van der Waals surface area contributed by atoms with Gasteiger partial charge in [-0.2, -0.15) is 0 Å². The van der Waals surface area contributed by atoms with Gasteiger partial charge in [-0.25, -0.2) is 0 Å². The van der Waals surface area contributed by atoms with Crippen molar-refractivity contribution in [1.29, 1.82) is 0 Å². The minimum Gasteiger partial charge on any atom is -0.394 e. The number of hydrogen-bond donors (Lipinski definition) is 2. The lowest BCUT2D eigenvalue weighted by Crippen LogP contribution is -2.11. The Morgan fingerprint density at radius 1 is 1.19 bits per heavy atom. The van der Waals surface area contributed by atoms with Crippen molar-refractivity contribution in [3.05, 3.63) is 29.3 Å². The summed E-state index contributed by atoms with van der Waals surface area (Å²) in [5.74, 6) is 0. The van der Waals surface area contributed by atoms with E-state index in [1.54, 1.807) is 0 Å². The van der Waals surface area contributed by atoms with Gasteiger partial charge in [0, 0.05) is 12.2 Å². The molecule has 0 saturated carbocycles. The first-order chi connectivity index (χ1) is 7.90. The zero-order chi connectivity index (χ0) is 11.2. The number of anilines is 1. The molecule has 0 heterocycles. The average molecular weight is 221 g/mol. The van der Waals surface area contributed by atoms with Crippen LogP contribution >= 0.6 is 0 Å². The largest absolute Gasteiger partial charge is 0.394 e. The van der Waals surface area contributed by atoms with Crippen molar-refractivity contribution in [3.63, 3.8) is 0 Å². The minimum absolute atomic E-state index is 0.0961. The van der Waals surface area contributed by atoms with E-state index in [1.165, 1.54) is 36.1 Å². The quantitative estimate of drug-likeness (QED) is 0.717. The molecule has 16 heavy (non-hydrogen) atoms. The van der Waals surface area contributed by atoms with Crippen molar-refractivity contribution < 1.29 is 9.84 Å². The number of benzene rings is 1. The van der Waals surface area contributed by atoms with E-state index in [4.69, 9.17) is 9.84 Å². The lowest BCUT2D eigenvalue weighted by atomic mass is 10.1. The molecule has 1 aliphatic rings. The Morgan fingerprint density at radius 3 is 2.94 bits per heavy atom. The molecule has 0 saturated heterocycles. The van der Waals surface area contributed by atoms with Gasteiger partial charge < -0.3 is 15.2 Å². The Kier molecular flexibility index (Phi) is 4.19. The third kappa shape index (κ3) is 2.97. The SMILES string of the molecule is OCCOCCNc1ccc2c(c1)CCC2. The van der Waals surface area contributed by atoms with Crippen molar-refractivity contribution in [1.82, 2.24) is 0 Å². The topological polar surface area (TPSA) is 41.5 Å². The molecule has 1 aromatic rings. The minimum atomic E-state index is 0.0961. The number of ether oxygens (including phenoxy) is 1. The summed E-state index contributed by atoms with van der Waals surface area (Å²) < 4.78 is 5.18. The van der Waals surface area contributed by atoms with Crippen molar-refractivity contribution in [2.45, 2.75) is 19.3 Å². The second-order valence-electron chi connectivity index (χ2n) is 4.10. The summed E-state index contributed by atoms with van der Waals surface area (Å²) in [6.45, 7) is 1.95. The number of aliphatic hydroxyl groups is 1. The van der Waals surface area contributed by atoms with Crippen LogP contribution in [0.5, 0.6) is 0 Å². The predicted molar refractivity (Wildman–Crippen MR) is 64.9 cm³/mol. The molecule has 0 bridgehead atoms. The van der Waals surface area contributed by atoms with Gasteiger partial charge in [0.05, 0.1) is 19.8 Å². The highest BCUT2D eigenvalue weighted by molar-refractivity contribution is 5.50. The van der Waals surface area contributed by atoms with E-state index in [-0.39, 0.29) is 6.61 Å². The molecule has 3 heteroatoms. The van der Waals surface area contributed by atoms with Crippen molar-refractivity contribution >= 4 is 5.69 Å². The summed E-state index contributed by atoms with van der Waals surface area (Å²) in [6.07, 6.45) is 3.74. The van der Waals surface area contributed by atoms with E-state index in [1.807, 2.05) is 0 Å². The Balaban J connectivity index is 1.77. The van der Waals surface area contributed by atoms with Gasteiger partial charge in [-0.15, -0.1) is 0 Å². The van der Waals surface area contributed by atoms with E-state index >= 15 is 0 Å². The Labute approximate surface area is 96.4 Å². The number of rotatable bonds is 6. The first-order valence-electron chi connectivity index (χ1n) is 5.94. The van der Waals surface area contributed by atoms with Crippen LogP contribution in [0.4, 0.5) is 5.69 Å². The summed E-state index contributed by atoms with van der Waals surface area (Å²) >= 11 is 0. The zero-order valence-electron chi connectivity index (χ0n) is 9.54. The highest BCUT2D eigenvalue weighted by Gasteiger charge is 2.10. The van der Waals surface area contributed by atoms with E-state index < -0.39 is 0 Å². The Hall–Kier alpha value is -1.06. The molecule has 0 fully saturated rings. The lowest BCUT2D eigenvalue weighted by molar-refractivity contribution is 0.0992. The molecular weight excluding hydrogens is 202 g/mol. The molecule has 0 unspecified atom stereocenters. The number of nitrogens with one attached hydrogen (secondary N) is 1. The third-order valence-electron chi connectivity index (χ3n) is 2.91. The fourth-order valence-corrected chi connectivity index (χ4v) is 2.12. The molecule has 0 amide bonds.